The van der Waals surface area contributed by atoms with Crippen molar-refractivity contribution in [3.05, 3.63) is 58.1 Å². The topological polar surface area (TPSA) is 46.0 Å². The number of nitrogens with zero attached hydrogens (tertiary/aromatic N) is 2. The van der Waals surface area contributed by atoms with E-state index >= 15 is 0 Å². The van der Waals surface area contributed by atoms with Crippen molar-refractivity contribution in [2.45, 2.75) is 24.9 Å². The van der Waals surface area contributed by atoms with Gasteiger partial charge >= 0.3 is 0 Å². The van der Waals surface area contributed by atoms with Crippen LogP contribution in [0.2, 0.25) is 0 Å². The van der Waals surface area contributed by atoms with E-state index in [0.29, 0.717) is 12.8 Å². The molecule has 1 aliphatic rings. The van der Waals surface area contributed by atoms with Crippen molar-refractivity contribution < 1.29 is 5.11 Å². The van der Waals surface area contributed by atoms with Gasteiger partial charge < -0.3 is 5.11 Å². The molecule has 1 atom stereocenters. The number of rotatable bonds is 1. The highest BCUT2D eigenvalue weighted by atomic mass is 79.9. The zero-order valence-corrected chi connectivity index (χ0v) is 11.4. The predicted octanol–water partition coefficient (Wildman–Crippen LogP) is 2.62. The minimum absolute atomic E-state index is 0.628. The number of aliphatic hydroxyl groups is 1. The van der Waals surface area contributed by atoms with Gasteiger partial charge in [-0.2, -0.15) is 0 Å². The van der Waals surface area contributed by atoms with Gasteiger partial charge in [0.15, 0.2) is 0 Å². The fourth-order valence-electron chi connectivity index (χ4n) is 2.53. The van der Waals surface area contributed by atoms with Gasteiger partial charge in [0.2, 0.25) is 0 Å². The Balaban J connectivity index is 1.97. The van der Waals surface area contributed by atoms with Crippen LogP contribution in [0.5, 0.6) is 0 Å². The molecule has 3 rings (SSSR count). The van der Waals surface area contributed by atoms with E-state index in [1.165, 1.54) is 17.5 Å². The molecule has 4 heteroatoms. The molecule has 0 spiro atoms. The SMILES string of the molecule is OC1(c2cncnc2)CCc2cc(Br)ccc2C1. The van der Waals surface area contributed by atoms with Crippen LogP contribution in [0.4, 0.5) is 0 Å². The van der Waals surface area contributed by atoms with Crippen molar-refractivity contribution in [3.63, 3.8) is 0 Å². The molecular weight excluding hydrogens is 292 g/mol. The molecule has 0 aliphatic heterocycles. The summed E-state index contributed by atoms with van der Waals surface area (Å²) in [5.41, 5.74) is 2.49. The van der Waals surface area contributed by atoms with Gasteiger partial charge in [0.25, 0.3) is 0 Å². The largest absolute Gasteiger partial charge is 0.385 e. The average molecular weight is 305 g/mol. The summed E-state index contributed by atoms with van der Waals surface area (Å²) in [6.45, 7) is 0. The fraction of sp³-hybridized carbons (Fsp3) is 0.286. The van der Waals surface area contributed by atoms with E-state index in [-0.39, 0.29) is 0 Å². The van der Waals surface area contributed by atoms with Crippen molar-refractivity contribution in [3.8, 4) is 0 Å². The van der Waals surface area contributed by atoms with E-state index in [0.717, 1.165) is 16.5 Å². The maximum Gasteiger partial charge on any atom is 0.115 e. The summed E-state index contributed by atoms with van der Waals surface area (Å²) >= 11 is 3.48. The number of aryl methyl sites for hydroxylation is 1. The van der Waals surface area contributed by atoms with E-state index in [1.807, 2.05) is 6.07 Å². The lowest BCUT2D eigenvalue weighted by molar-refractivity contribution is 0.0215. The van der Waals surface area contributed by atoms with Crippen LogP contribution in [0.3, 0.4) is 0 Å². The minimum atomic E-state index is -0.831. The molecule has 0 radical (unpaired) electrons. The molecule has 0 bridgehead atoms. The molecule has 1 unspecified atom stereocenters. The van der Waals surface area contributed by atoms with E-state index in [2.05, 4.69) is 38.0 Å². The zero-order chi connectivity index (χ0) is 12.6. The Morgan fingerprint density at radius 2 is 1.94 bits per heavy atom. The lowest BCUT2D eigenvalue weighted by Crippen LogP contribution is -2.33. The van der Waals surface area contributed by atoms with Crippen LogP contribution in [-0.2, 0) is 18.4 Å². The molecule has 0 amide bonds. The molecule has 0 saturated carbocycles. The quantitative estimate of drug-likeness (QED) is 0.881. The Labute approximate surface area is 114 Å². The predicted molar refractivity (Wildman–Crippen MR) is 72.1 cm³/mol. The van der Waals surface area contributed by atoms with Crippen molar-refractivity contribution in [1.29, 1.82) is 0 Å². The Morgan fingerprint density at radius 3 is 2.72 bits per heavy atom. The third-order valence-electron chi connectivity index (χ3n) is 3.56. The normalized spacial score (nSPS) is 22.6. The van der Waals surface area contributed by atoms with Crippen LogP contribution in [0.25, 0.3) is 0 Å². The second-order valence-electron chi connectivity index (χ2n) is 4.75. The van der Waals surface area contributed by atoms with Gasteiger partial charge in [0.1, 0.15) is 6.33 Å². The third-order valence-corrected chi connectivity index (χ3v) is 4.05. The first-order valence-electron chi connectivity index (χ1n) is 5.92. The summed E-state index contributed by atoms with van der Waals surface area (Å²) in [7, 11) is 0. The van der Waals surface area contributed by atoms with Crippen LogP contribution in [0, 0.1) is 0 Å². The Morgan fingerprint density at radius 1 is 1.17 bits per heavy atom. The van der Waals surface area contributed by atoms with Crippen LogP contribution in [0.15, 0.2) is 41.4 Å². The van der Waals surface area contributed by atoms with Gasteiger partial charge in [-0.15, -0.1) is 0 Å². The molecule has 1 aromatic heterocycles. The van der Waals surface area contributed by atoms with E-state index in [9.17, 15) is 5.11 Å². The highest BCUT2D eigenvalue weighted by Crippen LogP contribution is 2.36. The summed E-state index contributed by atoms with van der Waals surface area (Å²) in [6, 6.07) is 6.23. The number of halogens is 1. The molecule has 1 aliphatic carbocycles. The Hall–Kier alpha value is -1.26. The molecule has 92 valence electrons. The van der Waals surface area contributed by atoms with Crippen LogP contribution in [0.1, 0.15) is 23.1 Å². The highest BCUT2D eigenvalue weighted by Gasteiger charge is 2.34. The maximum absolute atomic E-state index is 10.8. The molecule has 0 saturated heterocycles. The van der Waals surface area contributed by atoms with Gasteiger partial charge in [-0.1, -0.05) is 22.0 Å². The van der Waals surface area contributed by atoms with Crippen LogP contribution >= 0.6 is 15.9 Å². The zero-order valence-electron chi connectivity index (χ0n) is 9.81. The van der Waals surface area contributed by atoms with Gasteiger partial charge in [-0.25, -0.2) is 9.97 Å². The van der Waals surface area contributed by atoms with Crippen molar-refractivity contribution in [1.82, 2.24) is 9.97 Å². The first-order chi connectivity index (χ1) is 8.67. The molecule has 3 nitrogen and oxygen atoms in total. The summed E-state index contributed by atoms with van der Waals surface area (Å²) in [5, 5.41) is 10.8. The third kappa shape index (κ3) is 2.06. The molecule has 1 N–H and O–H groups in total. The van der Waals surface area contributed by atoms with Gasteiger partial charge in [-0.05, 0) is 36.1 Å². The number of aromatic nitrogens is 2. The lowest BCUT2D eigenvalue weighted by atomic mass is 9.77. The van der Waals surface area contributed by atoms with E-state index < -0.39 is 5.60 Å². The monoisotopic (exact) mass is 304 g/mol. The van der Waals surface area contributed by atoms with Crippen molar-refractivity contribution in [2.24, 2.45) is 0 Å². The minimum Gasteiger partial charge on any atom is -0.385 e. The summed E-state index contributed by atoms with van der Waals surface area (Å²) in [4.78, 5) is 7.99. The molecular formula is C14H13BrN2O. The first-order valence-corrected chi connectivity index (χ1v) is 6.72. The van der Waals surface area contributed by atoms with E-state index in [1.54, 1.807) is 12.4 Å². The first kappa shape index (κ1) is 11.8. The smallest absolute Gasteiger partial charge is 0.115 e. The average Bonchev–Trinajstić information content (AvgIpc) is 2.40. The second kappa shape index (κ2) is 4.44. The van der Waals surface area contributed by atoms with Crippen LogP contribution in [-0.4, -0.2) is 15.1 Å². The van der Waals surface area contributed by atoms with Crippen molar-refractivity contribution in [2.75, 3.05) is 0 Å². The van der Waals surface area contributed by atoms with Crippen LogP contribution < -0.4 is 0 Å². The summed E-state index contributed by atoms with van der Waals surface area (Å²) in [6.07, 6.45) is 7.11. The number of fused-ring (bicyclic) bond motifs is 1. The highest BCUT2D eigenvalue weighted by molar-refractivity contribution is 9.10. The number of hydrogen-bond acceptors (Lipinski definition) is 3. The van der Waals surface area contributed by atoms with Gasteiger partial charge in [0, 0.05) is 28.9 Å². The molecule has 2 aromatic rings. The summed E-state index contributed by atoms with van der Waals surface area (Å²) in [5.74, 6) is 0. The van der Waals surface area contributed by atoms with Gasteiger partial charge in [0.05, 0.1) is 5.60 Å². The Kier molecular flexibility index (Phi) is 2.92. The molecule has 18 heavy (non-hydrogen) atoms. The molecule has 0 fully saturated rings. The van der Waals surface area contributed by atoms with Gasteiger partial charge in [-0.3, -0.25) is 0 Å². The van der Waals surface area contributed by atoms with E-state index in [4.69, 9.17) is 0 Å². The molecule has 1 heterocycles. The number of hydrogen-bond donors (Lipinski definition) is 1. The second-order valence-corrected chi connectivity index (χ2v) is 5.66. The maximum atomic E-state index is 10.8. The standard InChI is InChI=1S/C14H13BrN2O/c15-13-2-1-11-6-14(18,4-3-10(11)5-13)12-7-16-9-17-8-12/h1-2,5,7-9,18H,3-4,6H2. The Bertz CT molecular complexity index is 573. The lowest BCUT2D eigenvalue weighted by Gasteiger charge is -2.33. The fourth-order valence-corrected chi connectivity index (χ4v) is 2.94. The molecule has 1 aromatic carbocycles. The summed E-state index contributed by atoms with van der Waals surface area (Å²) < 4.78 is 1.09. The van der Waals surface area contributed by atoms with Crippen molar-refractivity contribution >= 4 is 15.9 Å². The number of benzene rings is 1.